The lowest BCUT2D eigenvalue weighted by Gasteiger charge is -2.40. The van der Waals surface area contributed by atoms with Crippen molar-refractivity contribution < 1.29 is 4.79 Å². The molecule has 1 fully saturated rings. The second-order valence-electron chi connectivity index (χ2n) is 6.85. The Bertz CT molecular complexity index is 1080. The lowest BCUT2D eigenvalue weighted by atomic mass is 10.1. The van der Waals surface area contributed by atoms with Crippen molar-refractivity contribution in [1.82, 2.24) is 15.1 Å². The first kappa shape index (κ1) is 18.2. The number of fused-ring (bicyclic) bond motifs is 1. The average Bonchev–Trinajstić information content (AvgIpc) is 2.74. The Morgan fingerprint density at radius 1 is 1.14 bits per heavy atom. The number of halogens is 1. The molecule has 0 aliphatic carbocycles. The van der Waals surface area contributed by atoms with E-state index in [-0.39, 0.29) is 11.9 Å². The topological polar surface area (TPSA) is 73.1 Å². The van der Waals surface area contributed by atoms with Gasteiger partial charge in [0.1, 0.15) is 0 Å². The zero-order valence-electron chi connectivity index (χ0n) is 15.3. The standard InChI is InChI=1S/C21H18ClN5O/c1-14-13-26(21(28)16-5-3-2-4-6-16)9-10-27(14)20-18-11-15(12-23)7-8-17(18)19(22)24-25-20/h2-8,11,14H,9-10,13H2,1H3/t14-/m1/s1. The summed E-state index contributed by atoms with van der Waals surface area (Å²) in [6.07, 6.45) is 0. The van der Waals surface area contributed by atoms with E-state index in [0.717, 1.165) is 10.8 Å². The fraction of sp³-hybridized carbons (Fsp3) is 0.238. The molecule has 1 aliphatic rings. The maximum atomic E-state index is 12.8. The molecule has 0 bridgehead atoms. The van der Waals surface area contributed by atoms with Crippen LogP contribution >= 0.6 is 11.6 Å². The second kappa shape index (κ2) is 7.45. The van der Waals surface area contributed by atoms with Crippen molar-refractivity contribution in [3.8, 4) is 6.07 Å². The number of nitrogens with zero attached hydrogens (tertiary/aromatic N) is 5. The minimum atomic E-state index is 0.0333. The van der Waals surface area contributed by atoms with Crippen molar-refractivity contribution in [2.24, 2.45) is 0 Å². The number of anilines is 1. The molecule has 6 nitrogen and oxygen atoms in total. The fourth-order valence-corrected chi connectivity index (χ4v) is 3.81. The molecule has 0 radical (unpaired) electrons. The van der Waals surface area contributed by atoms with Crippen LogP contribution in [0.1, 0.15) is 22.8 Å². The number of hydrogen-bond acceptors (Lipinski definition) is 5. The number of nitriles is 1. The van der Waals surface area contributed by atoms with Gasteiger partial charge in [-0.15, -0.1) is 10.2 Å². The molecule has 0 saturated carbocycles. The van der Waals surface area contributed by atoms with E-state index in [1.807, 2.05) is 35.2 Å². The first-order valence-corrected chi connectivity index (χ1v) is 9.43. The third-order valence-corrected chi connectivity index (χ3v) is 5.33. The van der Waals surface area contributed by atoms with Gasteiger partial charge in [0, 0.05) is 42.0 Å². The van der Waals surface area contributed by atoms with Crippen LogP contribution in [-0.2, 0) is 0 Å². The van der Waals surface area contributed by atoms with Crippen molar-refractivity contribution in [3.05, 3.63) is 64.8 Å². The molecule has 1 saturated heterocycles. The highest BCUT2D eigenvalue weighted by molar-refractivity contribution is 6.34. The van der Waals surface area contributed by atoms with Crippen LogP contribution in [0.5, 0.6) is 0 Å². The second-order valence-corrected chi connectivity index (χ2v) is 7.20. The summed E-state index contributed by atoms with van der Waals surface area (Å²) in [7, 11) is 0. The molecular weight excluding hydrogens is 374 g/mol. The summed E-state index contributed by atoms with van der Waals surface area (Å²) in [6.45, 7) is 3.85. The lowest BCUT2D eigenvalue weighted by Crippen LogP contribution is -2.54. The van der Waals surface area contributed by atoms with Crippen molar-refractivity contribution in [2.45, 2.75) is 13.0 Å². The summed E-state index contributed by atoms with van der Waals surface area (Å²) in [5.74, 6) is 0.724. The number of hydrogen-bond donors (Lipinski definition) is 0. The number of carbonyl (C=O) groups excluding carboxylic acids is 1. The van der Waals surface area contributed by atoms with E-state index in [2.05, 4.69) is 28.1 Å². The quantitative estimate of drug-likeness (QED) is 0.668. The monoisotopic (exact) mass is 391 g/mol. The third-order valence-electron chi connectivity index (χ3n) is 5.05. The van der Waals surface area contributed by atoms with Crippen LogP contribution in [-0.4, -0.2) is 46.7 Å². The van der Waals surface area contributed by atoms with Crippen molar-refractivity contribution in [3.63, 3.8) is 0 Å². The van der Waals surface area contributed by atoms with Gasteiger partial charge in [-0.3, -0.25) is 4.79 Å². The van der Waals surface area contributed by atoms with E-state index < -0.39 is 0 Å². The number of amides is 1. The summed E-state index contributed by atoms with van der Waals surface area (Å²) in [6, 6.07) is 16.8. The highest BCUT2D eigenvalue weighted by Crippen LogP contribution is 2.31. The van der Waals surface area contributed by atoms with Gasteiger partial charge >= 0.3 is 0 Å². The van der Waals surface area contributed by atoms with Crippen LogP contribution in [0, 0.1) is 11.3 Å². The third kappa shape index (κ3) is 3.25. The van der Waals surface area contributed by atoms with Gasteiger partial charge < -0.3 is 9.80 Å². The minimum absolute atomic E-state index is 0.0333. The van der Waals surface area contributed by atoms with Crippen LogP contribution in [0.25, 0.3) is 10.8 Å². The molecule has 0 N–H and O–H groups in total. The van der Waals surface area contributed by atoms with E-state index in [1.165, 1.54) is 0 Å². The molecule has 7 heteroatoms. The van der Waals surface area contributed by atoms with Gasteiger partial charge in [-0.1, -0.05) is 29.8 Å². The maximum Gasteiger partial charge on any atom is 0.253 e. The Morgan fingerprint density at radius 3 is 2.64 bits per heavy atom. The molecule has 28 heavy (non-hydrogen) atoms. The molecule has 2 heterocycles. The first-order chi connectivity index (χ1) is 13.6. The molecule has 4 rings (SSSR count). The lowest BCUT2D eigenvalue weighted by molar-refractivity contribution is 0.0726. The van der Waals surface area contributed by atoms with Gasteiger partial charge in [-0.25, -0.2) is 0 Å². The Morgan fingerprint density at radius 2 is 1.93 bits per heavy atom. The van der Waals surface area contributed by atoms with Crippen LogP contribution < -0.4 is 4.90 Å². The van der Waals surface area contributed by atoms with Gasteiger partial charge in [0.15, 0.2) is 11.0 Å². The summed E-state index contributed by atoms with van der Waals surface area (Å²) in [5, 5.41) is 19.5. The van der Waals surface area contributed by atoms with Gasteiger partial charge in [-0.2, -0.15) is 5.26 Å². The fourth-order valence-electron chi connectivity index (χ4n) is 3.61. The van der Waals surface area contributed by atoms with E-state index in [0.29, 0.717) is 41.7 Å². The summed E-state index contributed by atoms with van der Waals surface area (Å²) in [4.78, 5) is 16.7. The number of rotatable bonds is 2. The SMILES string of the molecule is C[C@@H]1CN(C(=O)c2ccccc2)CCN1c1nnc(Cl)c2ccc(C#N)cc12. The van der Waals surface area contributed by atoms with Gasteiger partial charge in [0.25, 0.3) is 5.91 Å². The Kier molecular flexibility index (Phi) is 4.84. The van der Waals surface area contributed by atoms with Gasteiger partial charge in [0.2, 0.25) is 0 Å². The molecule has 0 unspecified atom stereocenters. The van der Waals surface area contributed by atoms with Crippen molar-refractivity contribution >= 4 is 34.1 Å². The predicted octanol–water partition coefficient (Wildman–Crippen LogP) is 3.51. The van der Waals surface area contributed by atoms with Crippen molar-refractivity contribution in [1.29, 1.82) is 5.26 Å². The molecule has 1 amide bonds. The van der Waals surface area contributed by atoms with Gasteiger partial charge in [-0.05, 0) is 37.3 Å². The summed E-state index contributed by atoms with van der Waals surface area (Å²) in [5.41, 5.74) is 1.24. The highest BCUT2D eigenvalue weighted by atomic mass is 35.5. The molecule has 2 aromatic carbocycles. The largest absolute Gasteiger partial charge is 0.348 e. The molecule has 1 aliphatic heterocycles. The molecule has 1 atom stereocenters. The highest BCUT2D eigenvalue weighted by Gasteiger charge is 2.29. The smallest absolute Gasteiger partial charge is 0.253 e. The Hall–Kier alpha value is -3.17. The van der Waals surface area contributed by atoms with Crippen LogP contribution in [0.15, 0.2) is 48.5 Å². The van der Waals surface area contributed by atoms with Crippen molar-refractivity contribution in [2.75, 3.05) is 24.5 Å². The normalized spacial score (nSPS) is 16.8. The molecular formula is C21H18ClN5O. The van der Waals surface area contributed by atoms with E-state index in [1.54, 1.807) is 18.2 Å². The van der Waals surface area contributed by atoms with E-state index in [9.17, 15) is 10.1 Å². The Balaban J connectivity index is 1.63. The average molecular weight is 392 g/mol. The number of benzene rings is 2. The number of piperazine rings is 1. The molecule has 140 valence electrons. The predicted molar refractivity (Wildman–Crippen MR) is 108 cm³/mol. The summed E-state index contributed by atoms with van der Waals surface area (Å²) < 4.78 is 0. The molecule has 3 aromatic rings. The zero-order valence-corrected chi connectivity index (χ0v) is 16.1. The first-order valence-electron chi connectivity index (χ1n) is 9.05. The van der Waals surface area contributed by atoms with Crippen LogP contribution in [0.2, 0.25) is 5.15 Å². The van der Waals surface area contributed by atoms with E-state index in [4.69, 9.17) is 11.6 Å². The maximum absolute atomic E-state index is 12.8. The minimum Gasteiger partial charge on any atom is -0.348 e. The summed E-state index contributed by atoms with van der Waals surface area (Å²) >= 11 is 6.20. The number of carbonyl (C=O) groups is 1. The zero-order chi connectivity index (χ0) is 19.7. The van der Waals surface area contributed by atoms with Crippen LogP contribution in [0.3, 0.4) is 0 Å². The Labute approximate surface area is 168 Å². The number of aromatic nitrogens is 2. The van der Waals surface area contributed by atoms with Crippen LogP contribution in [0.4, 0.5) is 5.82 Å². The molecule has 0 spiro atoms. The van der Waals surface area contributed by atoms with Gasteiger partial charge in [0.05, 0.1) is 11.6 Å². The molecule has 1 aromatic heterocycles. The van der Waals surface area contributed by atoms with E-state index >= 15 is 0 Å².